The fourth-order valence-electron chi connectivity index (χ4n) is 2.67. The monoisotopic (exact) mass is 273 g/mol. The van der Waals surface area contributed by atoms with E-state index in [0.29, 0.717) is 0 Å². The summed E-state index contributed by atoms with van der Waals surface area (Å²) in [6, 6.07) is 12.7. The Labute approximate surface area is 118 Å². The van der Waals surface area contributed by atoms with Crippen LogP contribution in [0.4, 0.5) is 0 Å². The largest absolute Gasteiger partial charge is 0.388 e. The Kier molecular flexibility index (Phi) is 3.97. The molecule has 0 bridgehead atoms. The molecule has 1 aliphatic heterocycles. The van der Waals surface area contributed by atoms with Gasteiger partial charge in [0, 0.05) is 24.5 Å². The Hall–Kier alpha value is -1.16. The number of aliphatic hydroxyl groups excluding tert-OH is 1. The lowest BCUT2D eigenvalue weighted by Gasteiger charge is -2.29. The first kappa shape index (κ1) is 12.9. The van der Waals surface area contributed by atoms with Crippen LogP contribution in [-0.4, -0.2) is 23.1 Å². The number of benzene rings is 1. The summed E-state index contributed by atoms with van der Waals surface area (Å²) in [5.41, 5.74) is 2.93. The van der Waals surface area contributed by atoms with E-state index in [9.17, 15) is 5.11 Å². The molecule has 3 rings (SSSR count). The van der Waals surface area contributed by atoms with E-state index in [0.717, 1.165) is 37.4 Å². The number of fused-ring (bicyclic) bond motifs is 1. The fraction of sp³-hybridized carbons (Fsp3) is 0.375. The van der Waals surface area contributed by atoms with Crippen molar-refractivity contribution in [3.05, 3.63) is 57.8 Å². The minimum Gasteiger partial charge on any atom is -0.388 e. The lowest BCUT2D eigenvalue weighted by atomic mass is 9.99. The Bertz CT molecular complexity index is 523. The van der Waals surface area contributed by atoms with Gasteiger partial charge in [-0.05, 0) is 35.4 Å². The Morgan fingerprint density at radius 2 is 2.00 bits per heavy atom. The van der Waals surface area contributed by atoms with Gasteiger partial charge in [-0.15, -0.1) is 11.3 Å². The molecule has 0 amide bonds. The molecule has 0 saturated heterocycles. The molecule has 3 heteroatoms. The second-order valence-electron chi connectivity index (χ2n) is 5.11. The van der Waals surface area contributed by atoms with Crippen LogP contribution in [-0.2, 0) is 13.0 Å². The maximum Gasteiger partial charge on any atom is 0.0894 e. The first-order valence-corrected chi connectivity index (χ1v) is 7.71. The molecule has 1 unspecified atom stereocenters. The number of thiophene rings is 1. The van der Waals surface area contributed by atoms with E-state index >= 15 is 0 Å². The zero-order valence-corrected chi connectivity index (χ0v) is 11.8. The summed E-state index contributed by atoms with van der Waals surface area (Å²) < 4.78 is 0. The van der Waals surface area contributed by atoms with Gasteiger partial charge in [0.1, 0.15) is 0 Å². The number of aliphatic hydroxyl groups is 1. The van der Waals surface area contributed by atoms with Crippen LogP contribution in [0.3, 0.4) is 0 Å². The summed E-state index contributed by atoms with van der Waals surface area (Å²) in [4.78, 5) is 3.52. The maximum absolute atomic E-state index is 10.1. The third kappa shape index (κ3) is 3.06. The fourth-order valence-corrected chi connectivity index (χ4v) is 3.42. The zero-order valence-electron chi connectivity index (χ0n) is 11.0. The van der Waals surface area contributed by atoms with Crippen molar-refractivity contribution in [1.82, 2.24) is 4.90 Å². The molecule has 1 aliphatic rings. The van der Waals surface area contributed by atoms with Crippen molar-refractivity contribution in [2.45, 2.75) is 25.5 Å². The molecule has 0 fully saturated rings. The quantitative estimate of drug-likeness (QED) is 0.924. The van der Waals surface area contributed by atoms with Gasteiger partial charge in [-0.25, -0.2) is 0 Å². The van der Waals surface area contributed by atoms with Crippen LogP contribution in [0, 0.1) is 0 Å². The number of nitrogens with zero attached hydrogens (tertiary/aromatic N) is 1. The van der Waals surface area contributed by atoms with Gasteiger partial charge in [-0.3, -0.25) is 4.90 Å². The van der Waals surface area contributed by atoms with Gasteiger partial charge in [0.25, 0.3) is 0 Å². The lowest BCUT2D eigenvalue weighted by Crippen LogP contribution is -2.31. The minimum absolute atomic E-state index is 0.308. The third-order valence-electron chi connectivity index (χ3n) is 3.80. The molecule has 2 nitrogen and oxygen atoms in total. The lowest BCUT2D eigenvalue weighted by molar-refractivity contribution is 0.140. The Morgan fingerprint density at radius 1 is 1.16 bits per heavy atom. The van der Waals surface area contributed by atoms with E-state index in [2.05, 4.69) is 29.2 Å². The molecule has 2 aromatic rings. The third-order valence-corrected chi connectivity index (χ3v) is 4.77. The molecular weight excluding hydrogens is 254 g/mol. The Balaban J connectivity index is 1.55. The normalized spacial score (nSPS) is 17.1. The molecule has 1 aromatic carbocycles. The van der Waals surface area contributed by atoms with Crippen LogP contribution in [0.1, 0.15) is 28.5 Å². The van der Waals surface area contributed by atoms with Gasteiger partial charge in [0.15, 0.2) is 0 Å². The summed E-state index contributed by atoms with van der Waals surface area (Å²) in [6.07, 6.45) is 1.64. The van der Waals surface area contributed by atoms with Gasteiger partial charge < -0.3 is 5.11 Å². The highest BCUT2D eigenvalue weighted by atomic mass is 32.1. The van der Waals surface area contributed by atoms with E-state index < -0.39 is 0 Å². The van der Waals surface area contributed by atoms with Crippen LogP contribution in [0.2, 0.25) is 0 Å². The SMILES string of the molecule is OC(CCN1CCc2ccccc2C1)c1cccs1. The van der Waals surface area contributed by atoms with Crippen molar-refractivity contribution >= 4 is 11.3 Å². The predicted molar refractivity (Wildman–Crippen MR) is 79.3 cm³/mol. The smallest absolute Gasteiger partial charge is 0.0894 e. The minimum atomic E-state index is -0.308. The molecule has 2 heterocycles. The second kappa shape index (κ2) is 5.87. The highest BCUT2D eigenvalue weighted by molar-refractivity contribution is 7.10. The van der Waals surface area contributed by atoms with Gasteiger partial charge >= 0.3 is 0 Å². The molecule has 0 radical (unpaired) electrons. The summed E-state index contributed by atoms with van der Waals surface area (Å²) in [5, 5.41) is 12.1. The second-order valence-corrected chi connectivity index (χ2v) is 6.09. The molecule has 0 saturated carbocycles. The predicted octanol–water partition coefficient (Wildman–Crippen LogP) is 3.23. The van der Waals surface area contributed by atoms with E-state index in [1.54, 1.807) is 11.3 Å². The van der Waals surface area contributed by atoms with Crippen LogP contribution in [0.5, 0.6) is 0 Å². The van der Waals surface area contributed by atoms with Crippen molar-refractivity contribution < 1.29 is 5.11 Å². The maximum atomic E-state index is 10.1. The number of hydrogen-bond donors (Lipinski definition) is 1. The Morgan fingerprint density at radius 3 is 2.79 bits per heavy atom. The topological polar surface area (TPSA) is 23.5 Å². The molecule has 1 atom stereocenters. The van der Waals surface area contributed by atoms with Gasteiger partial charge in [0.2, 0.25) is 0 Å². The van der Waals surface area contributed by atoms with Crippen LogP contribution >= 0.6 is 11.3 Å². The number of rotatable bonds is 4. The van der Waals surface area contributed by atoms with Crippen molar-refractivity contribution in [2.75, 3.05) is 13.1 Å². The van der Waals surface area contributed by atoms with Gasteiger partial charge in [-0.2, -0.15) is 0 Å². The van der Waals surface area contributed by atoms with Gasteiger partial charge in [0.05, 0.1) is 6.10 Å². The molecule has 0 aliphatic carbocycles. The highest BCUT2D eigenvalue weighted by Crippen LogP contribution is 2.24. The van der Waals surface area contributed by atoms with Crippen LogP contribution in [0.15, 0.2) is 41.8 Å². The van der Waals surface area contributed by atoms with Crippen molar-refractivity contribution in [3.63, 3.8) is 0 Å². The number of hydrogen-bond acceptors (Lipinski definition) is 3. The van der Waals surface area contributed by atoms with Crippen molar-refractivity contribution in [3.8, 4) is 0 Å². The van der Waals surface area contributed by atoms with Crippen LogP contribution in [0.25, 0.3) is 0 Å². The van der Waals surface area contributed by atoms with E-state index in [4.69, 9.17) is 0 Å². The highest BCUT2D eigenvalue weighted by Gasteiger charge is 2.17. The summed E-state index contributed by atoms with van der Waals surface area (Å²) in [6.45, 7) is 3.09. The molecular formula is C16H19NOS. The van der Waals surface area contributed by atoms with E-state index in [1.165, 1.54) is 11.1 Å². The first-order valence-electron chi connectivity index (χ1n) is 6.83. The first-order chi connectivity index (χ1) is 9.33. The zero-order chi connectivity index (χ0) is 13.1. The average Bonchev–Trinajstić information content (AvgIpc) is 2.99. The molecule has 19 heavy (non-hydrogen) atoms. The van der Waals surface area contributed by atoms with E-state index in [1.807, 2.05) is 17.5 Å². The standard InChI is InChI=1S/C16H19NOS/c18-15(16-6-3-11-19-16)8-10-17-9-7-13-4-1-2-5-14(13)12-17/h1-6,11,15,18H,7-10,12H2. The molecule has 1 N–H and O–H groups in total. The summed E-state index contributed by atoms with van der Waals surface area (Å²) >= 11 is 1.64. The molecule has 100 valence electrons. The van der Waals surface area contributed by atoms with Crippen molar-refractivity contribution in [1.29, 1.82) is 0 Å². The summed E-state index contributed by atoms with van der Waals surface area (Å²) in [5.74, 6) is 0. The van der Waals surface area contributed by atoms with E-state index in [-0.39, 0.29) is 6.10 Å². The molecule has 0 spiro atoms. The summed E-state index contributed by atoms with van der Waals surface area (Å²) in [7, 11) is 0. The van der Waals surface area contributed by atoms with Gasteiger partial charge in [-0.1, -0.05) is 30.3 Å². The average molecular weight is 273 g/mol. The van der Waals surface area contributed by atoms with Crippen molar-refractivity contribution in [2.24, 2.45) is 0 Å². The van der Waals surface area contributed by atoms with Crippen LogP contribution < -0.4 is 0 Å². The molecule has 1 aromatic heterocycles.